The zero-order valence-corrected chi connectivity index (χ0v) is 16.7. The molecule has 3 rings (SSSR count). The van der Waals surface area contributed by atoms with Gasteiger partial charge in [-0.15, -0.1) is 0 Å². The normalized spacial score (nSPS) is 18.9. The zero-order valence-electron chi connectivity index (χ0n) is 16.0. The minimum atomic E-state index is -0.276. The molecule has 0 unspecified atom stereocenters. The fourth-order valence-corrected chi connectivity index (χ4v) is 3.38. The summed E-state index contributed by atoms with van der Waals surface area (Å²) < 4.78 is 16.9. The van der Waals surface area contributed by atoms with Gasteiger partial charge in [-0.1, -0.05) is 41.5 Å². The lowest BCUT2D eigenvalue weighted by molar-refractivity contribution is 0.0880. The van der Waals surface area contributed by atoms with Crippen LogP contribution in [0.4, 0.5) is 0 Å². The van der Waals surface area contributed by atoms with Gasteiger partial charge in [-0.3, -0.25) is 4.79 Å². The number of allylic oxidation sites excluding steroid dienone is 2. The van der Waals surface area contributed by atoms with E-state index in [0.717, 1.165) is 21.7 Å². The van der Waals surface area contributed by atoms with E-state index in [1.165, 1.54) is 7.11 Å². The highest BCUT2D eigenvalue weighted by molar-refractivity contribution is 6.30. The molecule has 1 aliphatic heterocycles. The van der Waals surface area contributed by atoms with E-state index in [-0.39, 0.29) is 17.5 Å². The molecule has 1 saturated heterocycles. The van der Waals surface area contributed by atoms with E-state index in [4.69, 9.17) is 25.5 Å². The maximum absolute atomic E-state index is 12.4. The van der Waals surface area contributed by atoms with Gasteiger partial charge >= 0.3 is 0 Å². The topological polar surface area (TPSA) is 48.7 Å². The predicted octanol–water partition coefficient (Wildman–Crippen LogP) is 5.41. The SMILES string of the molecule is COc1oc([C@H]2C/C(=C/C(C)=C/c3ccc(Cl)cc3)CO2)c(C)c(=O)c1C. The van der Waals surface area contributed by atoms with E-state index >= 15 is 0 Å². The van der Waals surface area contributed by atoms with Crippen molar-refractivity contribution in [3.05, 3.63) is 79.2 Å². The summed E-state index contributed by atoms with van der Waals surface area (Å²) in [6.45, 7) is 6.03. The Bertz CT molecular complexity index is 952. The number of hydrogen-bond acceptors (Lipinski definition) is 4. The molecule has 0 spiro atoms. The van der Waals surface area contributed by atoms with E-state index in [2.05, 4.69) is 19.1 Å². The first-order chi connectivity index (χ1) is 12.9. The number of benzene rings is 1. The number of methoxy groups -OCH3 is 1. The van der Waals surface area contributed by atoms with Crippen LogP contribution in [0.2, 0.25) is 5.02 Å². The molecule has 142 valence electrons. The van der Waals surface area contributed by atoms with Crippen LogP contribution in [-0.2, 0) is 4.74 Å². The second-order valence-electron chi connectivity index (χ2n) is 6.78. The summed E-state index contributed by atoms with van der Waals surface area (Å²) in [4.78, 5) is 12.4. The minimum absolute atomic E-state index is 0.0621. The van der Waals surface area contributed by atoms with Gasteiger partial charge in [0.2, 0.25) is 0 Å². The molecule has 1 fully saturated rings. The van der Waals surface area contributed by atoms with Gasteiger partial charge in [0, 0.05) is 17.0 Å². The van der Waals surface area contributed by atoms with Crippen LogP contribution in [0, 0.1) is 13.8 Å². The highest BCUT2D eigenvalue weighted by Gasteiger charge is 2.28. The van der Waals surface area contributed by atoms with Gasteiger partial charge in [0.05, 0.1) is 19.3 Å². The molecule has 1 aliphatic rings. The molecule has 4 nitrogen and oxygen atoms in total. The summed E-state index contributed by atoms with van der Waals surface area (Å²) in [7, 11) is 1.50. The predicted molar refractivity (Wildman–Crippen MR) is 108 cm³/mol. The van der Waals surface area contributed by atoms with E-state index in [1.54, 1.807) is 13.8 Å². The van der Waals surface area contributed by atoms with Crippen molar-refractivity contribution in [2.75, 3.05) is 13.7 Å². The summed E-state index contributed by atoms with van der Waals surface area (Å²) in [5.74, 6) is 0.797. The summed E-state index contributed by atoms with van der Waals surface area (Å²) in [6, 6.07) is 7.71. The average Bonchev–Trinajstić information content (AvgIpc) is 3.10. The molecular formula is C22H23ClO4. The molecule has 0 amide bonds. The van der Waals surface area contributed by atoms with E-state index in [9.17, 15) is 4.79 Å². The smallest absolute Gasteiger partial charge is 0.291 e. The van der Waals surface area contributed by atoms with Crippen LogP contribution >= 0.6 is 11.6 Å². The average molecular weight is 387 g/mol. The molecule has 1 aromatic heterocycles. The van der Waals surface area contributed by atoms with Gasteiger partial charge in [0.15, 0.2) is 5.43 Å². The second-order valence-corrected chi connectivity index (χ2v) is 7.22. The molecule has 0 aliphatic carbocycles. The van der Waals surface area contributed by atoms with Gasteiger partial charge in [-0.25, -0.2) is 0 Å². The Morgan fingerprint density at radius 1 is 1.22 bits per heavy atom. The van der Waals surface area contributed by atoms with Crippen LogP contribution in [0.15, 0.2) is 50.7 Å². The Morgan fingerprint density at radius 3 is 2.59 bits per heavy atom. The summed E-state index contributed by atoms with van der Waals surface area (Å²) in [5, 5.41) is 0.723. The summed E-state index contributed by atoms with van der Waals surface area (Å²) in [6.07, 6.45) is 4.62. The van der Waals surface area contributed by atoms with E-state index in [1.807, 2.05) is 24.3 Å². The largest absolute Gasteiger partial charge is 0.468 e. The third-order valence-electron chi connectivity index (χ3n) is 4.65. The zero-order chi connectivity index (χ0) is 19.6. The monoisotopic (exact) mass is 386 g/mol. The molecular weight excluding hydrogens is 364 g/mol. The van der Waals surface area contributed by atoms with Crippen molar-refractivity contribution < 1.29 is 13.9 Å². The third kappa shape index (κ3) is 4.34. The molecule has 2 aromatic rings. The highest BCUT2D eigenvalue weighted by Crippen LogP contribution is 2.35. The van der Waals surface area contributed by atoms with E-state index < -0.39 is 0 Å². The fourth-order valence-electron chi connectivity index (χ4n) is 3.26. The minimum Gasteiger partial charge on any atom is -0.468 e. The van der Waals surface area contributed by atoms with Gasteiger partial charge in [0.1, 0.15) is 11.9 Å². The lowest BCUT2D eigenvalue weighted by Crippen LogP contribution is -2.15. The Morgan fingerprint density at radius 2 is 1.93 bits per heavy atom. The molecule has 5 heteroatoms. The van der Waals surface area contributed by atoms with E-state index in [0.29, 0.717) is 29.9 Å². The Kier molecular flexibility index (Phi) is 5.88. The molecule has 27 heavy (non-hydrogen) atoms. The Hall–Kier alpha value is -2.30. The lowest BCUT2D eigenvalue weighted by Gasteiger charge is -2.13. The van der Waals surface area contributed by atoms with Gasteiger partial charge in [0.25, 0.3) is 5.95 Å². The maximum atomic E-state index is 12.4. The van der Waals surface area contributed by atoms with Gasteiger partial charge in [-0.05, 0) is 44.0 Å². The lowest BCUT2D eigenvalue weighted by atomic mass is 10.0. The van der Waals surface area contributed by atoms with Gasteiger partial charge in [-0.2, -0.15) is 0 Å². The van der Waals surface area contributed by atoms with Crippen LogP contribution in [0.3, 0.4) is 0 Å². The van der Waals surface area contributed by atoms with Crippen LogP contribution in [0.1, 0.15) is 41.9 Å². The molecule has 1 atom stereocenters. The summed E-state index contributed by atoms with van der Waals surface area (Å²) in [5.41, 5.74) is 4.37. The van der Waals surface area contributed by atoms with Crippen molar-refractivity contribution in [1.82, 2.24) is 0 Å². The fraction of sp³-hybridized carbons (Fsp3) is 0.318. The first-order valence-electron chi connectivity index (χ1n) is 8.82. The maximum Gasteiger partial charge on any atom is 0.291 e. The Labute approximate surface area is 164 Å². The van der Waals surface area contributed by atoms with Crippen molar-refractivity contribution >= 4 is 17.7 Å². The van der Waals surface area contributed by atoms with Crippen molar-refractivity contribution in [3.63, 3.8) is 0 Å². The molecule has 0 radical (unpaired) electrons. The second kappa shape index (κ2) is 8.15. The van der Waals surface area contributed by atoms with Crippen LogP contribution in [0.25, 0.3) is 6.08 Å². The molecule has 0 N–H and O–H groups in total. The number of ether oxygens (including phenoxy) is 2. The molecule has 0 bridgehead atoms. The first-order valence-corrected chi connectivity index (χ1v) is 9.20. The van der Waals surface area contributed by atoms with Crippen LogP contribution < -0.4 is 10.2 Å². The highest BCUT2D eigenvalue weighted by atomic mass is 35.5. The van der Waals surface area contributed by atoms with Gasteiger partial charge < -0.3 is 13.9 Å². The van der Waals surface area contributed by atoms with Crippen molar-refractivity contribution in [3.8, 4) is 5.95 Å². The molecule has 0 saturated carbocycles. The van der Waals surface area contributed by atoms with Crippen LogP contribution in [0.5, 0.6) is 5.95 Å². The quantitative estimate of drug-likeness (QED) is 0.704. The number of rotatable bonds is 4. The van der Waals surface area contributed by atoms with Crippen molar-refractivity contribution in [2.24, 2.45) is 0 Å². The molecule has 2 heterocycles. The number of halogens is 1. The molecule has 1 aromatic carbocycles. The third-order valence-corrected chi connectivity index (χ3v) is 4.90. The van der Waals surface area contributed by atoms with Crippen LogP contribution in [-0.4, -0.2) is 13.7 Å². The number of hydrogen-bond donors (Lipinski definition) is 0. The first kappa shape index (κ1) is 19.5. The summed E-state index contributed by atoms with van der Waals surface area (Å²) >= 11 is 5.93. The van der Waals surface area contributed by atoms with Crippen molar-refractivity contribution in [1.29, 1.82) is 0 Å². The standard InChI is InChI=1S/C22H23ClO4/c1-13(9-16-5-7-18(23)8-6-16)10-17-11-19(26-12-17)21-14(2)20(24)15(3)22(25-4)27-21/h5-10,19H,11-12H2,1-4H3/b13-9+,17-10-/t19-/m1/s1. The Balaban J connectivity index is 1.81. The van der Waals surface area contributed by atoms with Crippen molar-refractivity contribution in [2.45, 2.75) is 33.3 Å².